The van der Waals surface area contributed by atoms with E-state index in [1.807, 2.05) is 0 Å². The highest BCUT2D eigenvalue weighted by atomic mass is 35.5. The number of nitrogens with one attached hydrogen (secondary N) is 2. The third kappa shape index (κ3) is 3.28. The number of hydrogen-bond donors (Lipinski definition) is 3. The van der Waals surface area contributed by atoms with Crippen molar-refractivity contribution in [2.24, 2.45) is 5.84 Å². The third-order valence-electron chi connectivity index (χ3n) is 2.50. The van der Waals surface area contributed by atoms with E-state index < -0.39 is 10.0 Å². The van der Waals surface area contributed by atoms with E-state index in [2.05, 4.69) is 15.1 Å². The van der Waals surface area contributed by atoms with Gasteiger partial charge >= 0.3 is 0 Å². The van der Waals surface area contributed by atoms with E-state index in [0.29, 0.717) is 11.5 Å². The van der Waals surface area contributed by atoms with Crippen LogP contribution in [-0.4, -0.2) is 13.4 Å². The number of sulfonamides is 1. The van der Waals surface area contributed by atoms with Crippen molar-refractivity contribution in [2.45, 2.75) is 18.4 Å². The highest BCUT2D eigenvalue weighted by Crippen LogP contribution is 2.21. The van der Waals surface area contributed by atoms with Crippen LogP contribution in [0.25, 0.3) is 0 Å². The van der Waals surface area contributed by atoms with Crippen LogP contribution in [0.1, 0.15) is 11.5 Å². The molecule has 20 heavy (non-hydrogen) atoms. The minimum absolute atomic E-state index is 0.0463. The molecule has 0 saturated carbocycles. The molecule has 0 spiro atoms. The van der Waals surface area contributed by atoms with E-state index in [9.17, 15) is 8.42 Å². The Morgan fingerprint density at radius 1 is 1.45 bits per heavy atom. The average molecular weight is 317 g/mol. The lowest BCUT2D eigenvalue weighted by molar-refractivity contribution is 0.475. The highest BCUT2D eigenvalue weighted by molar-refractivity contribution is 7.89. The van der Waals surface area contributed by atoms with Gasteiger partial charge in [-0.25, -0.2) is 24.0 Å². The largest absolute Gasteiger partial charge is 0.465 e. The number of hydrogen-bond acceptors (Lipinski definition) is 6. The van der Waals surface area contributed by atoms with Crippen molar-refractivity contribution in [3.8, 4) is 0 Å². The summed E-state index contributed by atoms with van der Waals surface area (Å²) in [5.41, 5.74) is 2.26. The SMILES string of the molecule is Cc1ccc(CNS(=O)(=O)c2cnc(NN)c(Cl)c2)o1. The van der Waals surface area contributed by atoms with Gasteiger partial charge in [0.25, 0.3) is 0 Å². The Morgan fingerprint density at radius 2 is 2.20 bits per heavy atom. The van der Waals surface area contributed by atoms with Crippen LogP contribution in [-0.2, 0) is 16.6 Å². The molecule has 4 N–H and O–H groups in total. The number of pyridine rings is 1. The summed E-state index contributed by atoms with van der Waals surface area (Å²) in [4.78, 5) is 3.76. The van der Waals surface area contributed by atoms with Gasteiger partial charge in [-0.2, -0.15) is 0 Å². The molecule has 2 aromatic heterocycles. The zero-order valence-corrected chi connectivity index (χ0v) is 12.1. The number of furan rings is 1. The molecule has 2 aromatic rings. The van der Waals surface area contributed by atoms with Gasteiger partial charge in [0.2, 0.25) is 10.0 Å². The van der Waals surface area contributed by atoms with Gasteiger partial charge in [-0.3, -0.25) is 0 Å². The van der Waals surface area contributed by atoms with Crippen LogP contribution >= 0.6 is 11.6 Å². The first kappa shape index (κ1) is 14.8. The fourth-order valence-electron chi connectivity index (χ4n) is 1.50. The first-order valence-corrected chi connectivity index (χ1v) is 7.45. The molecule has 7 nitrogen and oxygen atoms in total. The van der Waals surface area contributed by atoms with Crippen LogP contribution in [0.2, 0.25) is 5.02 Å². The fourth-order valence-corrected chi connectivity index (χ4v) is 2.75. The monoisotopic (exact) mass is 316 g/mol. The van der Waals surface area contributed by atoms with E-state index in [4.69, 9.17) is 21.9 Å². The Hall–Kier alpha value is -1.61. The number of anilines is 1. The maximum absolute atomic E-state index is 12.1. The summed E-state index contributed by atoms with van der Waals surface area (Å²) in [5, 5.41) is 0.115. The Kier molecular flexibility index (Phi) is 4.29. The van der Waals surface area contributed by atoms with Gasteiger partial charge in [-0.05, 0) is 25.1 Å². The quantitative estimate of drug-likeness (QED) is 0.568. The second-order valence-corrected chi connectivity index (χ2v) is 6.16. The summed E-state index contributed by atoms with van der Waals surface area (Å²) in [7, 11) is -3.72. The highest BCUT2D eigenvalue weighted by Gasteiger charge is 2.17. The minimum atomic E-state index is -3.72. The standard InChI is InChI=1S/C11H13ClN4O3S/c1-7-2-3-8(19-7)5-15-20(17,18)9-4-10(12)11(16-13)14-6-9/h2-4,6,15H,5,13H2,1H3,(H,14,16). The first-order chi connectivity index (χ1) is 9.42. The van der Waals surface area contributed by atoms with Crippen LogP contribution < -0.4 is 16.0 Å². The summed E-state index contributed by atoms with van der Waals surface area (Å²) >= 11 is 5.84. The molecule has 108 valence electrons. The molecule has 0 amide bonds. The Balaban J connectivity index is 2.15. The van der Waals surface area contributed by atoms with Gasteiger partial charge in [0.1, 0.15) is 16.4 Å². The van der Waals surface area contributed by atoms with E-state index in [0.717, 1.165) is 6.20 Å². The summed E-state index contributed by atoms with van der Waals surface area (Å²) in [6.45, 7) is 1.82. The molecule has 0 radical (unpaired) electrons. The molecule has 2 heterocycles. The summed E-state index contributed by atoms with van der Waals surface area (Å²) in [6.07, 6.45) is 1.16. The third-order valence-corrected chi connectivity index (χ3v) is 4.15. The number of hydrazine groups is 1. The average Bonchev–Trinajstić information content (AvgIpc) is 2.82. The smallest absolute Gasteiger partial charge is 0.242 e. The van der Waals surface area contributed by atoms with E-state index in [1.54, 1.807) is 19.1 Å². The number of nitrogens with two attached hydrogens (primary N) is 1. The number of halogens is 1. The van der Waals surface area contributed by atoms with Crippen molar-refractivity contribution in [1.82, 2.24) is 9.71 Å². The van der Waals surface area contributed by atoms with Crippen LogP contribution in [0.15, 0.2) is 33.7 Å². The molecule has 0 atom stereocenters. The van der Waals surface area contributed by atoms with Crippen LogP contribution in [0.4, 0.5) is 5.82 Å². The molecule has 0 bridgehead atoms. The Bertz CT molecular complexity index is 714. The summed E-state index contributed by atoms with van der Waals surface area (Å²) in [5.74, 6) is 6.60. The molecule has 9 heteroatoms. The van der Waals surface area contributed by atoms with Gasteiger partial charge in [-0.15, -0.1) is 0 Å². The lowest BCUT2D eigenvalue weighted by Gasteiger charge is -2.07. The molecule has 0 aliphatic rings. The van der Waals surface area contributed by atoms with Gasteiger partial charge in [0.15, 0.2) is 5.82 Å². The van der Waals surface area contributed by atoms with Crippen molar-refractivity contribution in [2.75, 3.05) is 5.43 Å². The molecular weight excluding hydrogens is 304 g/mol. The lowest BCUT2D eigenvalue weighted by Crippen LogP contribution is -2.23. The van der Waals surface area contributed by atoms with Crippen molar-refractivity contribution < 1.29 is 12.8 Å². The molecule has 0 aromatic carbocycles. The van der Waals surface area contributed by atoms with Crippen LogP contribution in [0, 0.1) is 6.92 Å². The van der Waals surface area contributed by atoms with E-state index in [1.165, 1.54) is 6.07 Å². The Morgan fingerprint density at radius 3 is 2.75 bits per heavy atom. The number of nitrogen functional groups attached to an aromatic ring is 1. The maximum atomic E-state index is 12.1. The van der Waals surface area contributed by atoms with Crippen LogP contribution in [0.5, 0.6) is 0 Å². The van der Waals surface area contributed by atoms with E-state index in [-0.39, 0.29) is 22.3 Å². The van der Waals surface area contributed by atoms with Crippen molar-refractivity contribution in [3.05, 3.63) is 40.9 Å². The molecule has 0 saturated heterocycles. The number of aromatic nitrogens is 1. The normalized spacial score (nSPS) is 11.6. The number of aryl methyl sites for hydroxylation is 1. The van der Waals surface area contributed by atoms with Gasteiger partial charge < -0.3 is 9.84 Å². The molecular formula is C11H13ClN4O3S. The molecule has 0 aliphatic carbocycles. The minimum Gasteiger partial charge on any atom is -0.465 e. The summed E-state index contributed by atoms with van der Waals surface area (Å²) in [6, 6.07) is 4.72. The molecule has 2 rings (SSSR count). The zero-order chi connectivity index (χ0) is 14.8. The topological polar surface area (TPSA) is 110 Å². The predicted octanol–water partition coefficient (Wildman–Crippen LogP) is 1.40. The van der Waals surface area contributed by atoms with Gasteiger partial charge in [0.05, 0.1) is 11.6 Å². The predicted molar refractivity (Wildman–Crippen MR) is 74.5 cm³/mol. The van der Waals surface area contributed by atoms with Crippen molar-refractivity contribution in [3.63, 3.8) is 0 Å². The summed E-state index contributed by atoms with van der Waals surface area (Å²) < 4.78 is 31.8. The fraction of sp³-hybridized carbons (Fsp3) is 0.182. The maximum Gasteiger partial charge on any atom is 0.242 e. The second-order valence-electron chi connectivity index (χ2n) is 3.98. The number of rotatable bonds is 5. The van der Waals surface area contributed by atoms with Gasteiger partial charge in [0, 0.05) is 6.20 Å². The zero-order valence-electron chi connectivity index (χ0n) is 10.6. The van der Waals surface area contributed by atoms with Crippen LogP contribution in [0.3, 0.4) is 0 Å². The van der Waals surface area contributed by atoms with Crippen molar-refractivity contribution in [1.29, 1.82) is 0 Å². The van der Waals surface area contributed by atoms with Crippen molar-refractivity contribution >= 4 is 27.4 Å². The Labute approximate surface area is 121 Å². The molecule has 0 aliphatic heterocycles. The van der Waals surface area contributed by atoms with Gasteiger partial charge in [-0.1, -0.05) is 11.6 Å². The first-order valence-electron chi connectivity index (χ1n) is 5.59. The van der Waals surface area contributed by atoms with E-state index >= 15 is 0 Å². The number of nitrogens with zero attached hydrogens (tertiary/aromatic N) is 1. The lowest BCUT2D eigenvalue weighted by atomic mass is 10.4. The second kappa shape index (κ2) is 5.80. The molecule has 0 fully saturated rings. The molecule has 0 unspecified atom stereocenters.